The van der Waals surface area contributed by atoms with E-state index in [0.29, 0.717) is 28.8 Å². The van der Waals surface area contributed by atoms with Crippen LogP contribution in [0.5, 0.6) is 5.75 Å². The number of aliphatic hydroxyl groups excluding tert-OH is 1. The Morgan fingerprint density at radius 1 is 0.867 bits per heavy atom. The van der Waals surface area contributed by atoms with Crippen molar-refractivity contribution in [2.45, 2.75) is 84.4 Å². The number of allylic oxidation sites excluding steroid dienone is 2. The summed E-state index contributed by atoms with van der Waals surface area (Å²) in [6, 6.07) is 17.3. The van der Waals surface area contributed by atoms with Crippen LogP contribution < -0.4 is 4.74 Å². The summed E-state index contributed by atoms with van der Waals surface area (Å²) in [6.45, 7) is 3.98. The number of aromatic nitrogens is 1. The first kappa shape index (κ1) is 34.6. The van der Waals surface area contributed by atoms with Gasteiger partial charge >= 0.3 is 12.1 Å². The minimum atomic E-state index is -4.72. The van der Waals surface area contributed by atoms with Gasteiger partial charge in [0.1, 0.15) is 11.5 Å². The second-order valence-corrected chi connectivity index (χ2v) is 12.2. The van der Waals surface area contributed by atoms with Crippen LogP contribution in [0.4, 0.5) is 13.2 Å². The second-order valence-electron chi connectivity index (χ2n) is 12.2. The molecule has 4 nitrogen and oxygen atoms in total. The normalized spacial score (nSPS) is 16.5. The van der Waals surface area contributed by atoms with Crippen molar-refractivity contribution in [1.29, 1.82) is 0 Å². The number of aliphatic hydroxyl groups is 1. The number of hydrogen-bond acceptors (Lipinski definition) is 3. The molecule has 0 amide bonds. The molecule has 4 aromatic rings. The SMILES string of the molecule is Cc1[c-]c(-c2nccc3c2ccc2ccc(OC(F)(F)F)cc23)cc(C)c1.O/C(=C\C(=[OH+])C1CCCCC1)C1CCCCC1.[Ir]. The number of rotatable bonds is 5. The summed E-state index contributed by atoms with van der Waals surface area (Å²) in [5.74, 6) is 1.21. The summed E-state index contributed by atoms with van der Waals surface area (Å²) >= 11 is 0. The molecule has 0 unspecified atom stereocenters. The van der Waals surface area contributed by atoms with Gasteiger partial charge < -0.3 is 14.8 Å². The maximum atomic E-state index is 12.6. The number of carbonyl (C=O) groups excluding carboxylic acids is 1. The molecular weight excluding hydrogens is 756 g/mol. The third kappa shape index (κ3) is 9.17. The van der Waals surface area contributed by atoms with Gasteiger partial charge in [-0.3, -0.25) is 4.79 Å². The fraction of sp³-hybridized carbons (Fsp3) is 0.405. The summed E-state index contributed by atoms with van der Waals surface area (Å²) in [7, 11) is 0. The number of hydrogen-bond donors (Lipinski definition) is 1. The van der Waals surface area contributed by atoms with Gasteiger partial charge in [0, 0.05) is 32.2 Å². The van der Waals surface area contributed by atoms with Crippen molar-refractivity contribution < 1.29 is 47.9 Å². The molecule has 1 aromatic heterocycles. The van der Waals surface area contributed by atoms with Crippen molar-refractivity contribution in [1.82, 2.24) is 4.98 Å². The Balaban J connectivity index is 0.000000222. The van der Waals surface area contributed by atoms with E-state index >= 15 is 0 Å². The molecule has 0 bridgehead atoms. The predicted octanol–water partition coefficient (Wildman–Crippen LogP) is 10.5. The van der Waals surface area contributed by atoms with Crippen molar-refractivity contribution in [2.24, 2.45) is 11.8 Å². The molecule has 8 heteroatoms. The van der Waals surface area contributed by atoms with E-state index in [0.717, 1.165) is 64.2 Å². The Kier molecular flexibility index (Phi) is 11.8. The van der Waals surface area contributed by atoms with Gasteiger partial charge in [-0.2, -0.15) is 0 Å². The van der Waals surface area contributed by atoms with Crippen LogP contribution in [0.1, 0.15) is 75.3 Å². The average Bonchev–Trinajstić information content (AvgIpc) is 3.00. The Morgan fingerprint density at radius 2 is 1.51 bits per heavy atom. The van der Waals surface area contributed by atoms with E-state index in [2.05, 4.69) is 15.8 Å². The zero-order chi connectivity index (χ0) is 31.3. The largest absolute Gasteiger partial charge is 0.573 e. The summed E-state index contributed by atoms with van der Waals surface area (Å²) in [4.78, 5) is 14.6. The predicted molar refractivity (Wildman–Crippen MR) is 170 cm³/mol. The van der Waals surface area contributed by atoms with Gasteiger partial charge in [0.2, 0.25) is 0 Å². The number of benzene rings is 3. The smallest absolute Gasteiger partial charge is 0.512 e. The third-order valence-electron chi connectivity index (χ3n) is 8.71. The topological polar surface area (TPSA) is 63.8 Å². The maximum Gasteiger partial charge on any atom is 0.573 e. The molecule has 2 N–H and O–H groups in total. The number of pyridine rings is 1. The number of ether oxygens (including phenoxy) is 1. The fourth-order valence-electron chi connectivity index (χ4n) is 6.58. The van der Waals surface area contributed by atoms with E-state index in [4.69, 9.17) is 0 Å². The molecule has 0 spiro atoms. The van der Waals surface area contributed by atoms with E-state index in [1.165, 1.54) is 50.7 Å². The minimum Gasteiger partial charge on any atom is -0.512 e. The molecule has 2 aliphatic rings. The molecule has 45 heavy (non-hydrogen) atoms. The van der Waals surface area contributed by atoms with Gasteiger partial charge in [0.05, 0.1) is 12.0 Å². The second kappa shape index (κ2) is 15.4. The molecule has 0 saturated heterocycles. The molecule has 1 radical (unpaired) electrons. The summed E-state index contributed by atoms with van der Waals surface area (Å²) in [5, 5.41) is 13.2. The summed E-state index contributed by atoms with van der Waals surface area (Å²) < 4.78 is 41.8. The molecule has 241 valence electrons. The van der Waals surface area contributed by atoms with Gasteiger partial charge in [-0.1, -0.05) is 70.6 Å². The van der Waals surface area contributed by atoms with Crippen LogP contribution in [0.25, 0.3) is 32.8 Å². The quantitative estimate of drug-likeness (QED) is 0.0720. The molecule has 0 aliphatic heterocycles. The van der Waals surface area contributed by atoms with Crippen molar-refractivity contribution in [3.8, 4) is 17.0 Å². The number of alkyl halides is 3. The van der Waals surface area contributed by atoms with Crippen LogP contribution in [0.15, 0.2) is 66.6 Å². The first-order chi connectivity index (χ1) is 21.1. The van der Waals surface area contributed by atoms with E-state index in [-0.39, 0.29) is 25.9 Å². The fourth-order valence-corrected chi connectivity index (χ4v) is 6.58. The standard InChI is InChI=1S/C22H15F3NO.C15H24O2.Ir/c1-13-9-14(2)11-16(10-13)21-19-6-4-15-3-5-17(27-22(23,24)25)12-20(15)18(19)7-8-26-21;16-14(12-7-3-1-4-8-12)11-15(17)13-9-5-2-6-10-13;/h3-10,12H,1-2H3;11-13,16H,1-10H2;/q-1;;/p+1/b;14-11-;. The molecule has 2 fully saturated rings. The maximum absolute atomic E-state index is 12.6. The first-order valence-electron chi connectivity index (χ1n) is 15.6. The molecular formula is C37H40F3IrNO3. The summed E-state index contributed by atoms with van der Waals surface area (Å²) in [5.41, 5.74) is 3.72. The van der Waals surface area contributed by atoms with Gasteiger partial charge in [-0.05, 0) is 71.1 Å². The molecule has 0 atom stereocenters. The van der Waals surface area contributed by atoms with Crippen molar-refractivity contribution in [3.05, 3.63) is 83.8 Å². The molecule has 2 saturated carbocycles. The van der Waals surface area contributed by atoms with Crippen molar-refractivity contribution in [3.63, 3.8) is 0 Å². The van der Waals surface area contributed by atoms with Crippen LogP contribution in [0.3, 0.4) is 0 Å². The minimum absolute atomic E-state index is 0. The van der Waals surface area contributed by atoms with E-state index < -0.39 is 6.36 Å². The van der Waals surface area contributed by atoms with Crippen molar-refractivity contribution in [2.75, 3.05) is 0 Å². The van der Waals surface area contributed by atoms with Gasteiger partial charge in [0.15, 0.2) is 0 Å². The van der Waals surface area contributed by atoms with E-state index in [1.54, 1.807) is 24.4 Å². The first-order valence-corrected chi connectivity index (χ1v) is 15.6. The summed E-state index contributed by atoms with van der Waals surface area (Å²) in [6.07, 6.45) is 10.4. The molecule has 2 aliphatic carbocycles. The van der Waals surface area contributed by atoms with Gasteiger partial charge in [-0.15, -0.1) is 48.1 Å². The van der Waals surface area contributed by atoms with Crippen LogP contribution in [0.2, 0.25) is 0 Å². The Labute approximate surface area is 276 Å². The zero-order valence-electron chi connectivity index (χ0n) is 25.7. The molecule has 6 rings (SSSR count). The van der Waals surface area contributed by atoms with Crippen LogP contribution in [0, 0.1) is 31.7 Å². The average molecular weight is 796 g/mol. The Hall–Kier alpha value is -3.22. The molecule has 3 aromatic carbocycles. The number of halogens is 3. The van der Waals surface area contributed by atoms with Crippen molar-refractivity contribution >= 4 is 27.3 Å². The zero-order valence-corrected chi connectivity index (χ0v) is 28.1. The Bertz CT molecular complexity index is 1630. The van der Waals surface area contributed by atoms with E-state index in [9.17, 15) is 23.1 Å². The third-order valence-corrected chi connectivity index (χ3v) is 8.71. The number of nitrogens with zero attached hydrogens (tertiary/aromatic N) is 1. The monoisotopic (exact) mass is 796 g/mol. The number of fused-ring (bicyclic) bond motifs is 3. The van der Waals surface area contributed by atoms with Crippen LogP contribution in [-0.2, 0) is 20.1 Å². The Morgan fingerprint density at radius 3 is 2.16 bits per heavy atom. The van der Waals surface area contributed by atoms with Crippen LogP contribution >= 0.6 is 0 Å². The molecule has 1 heterocycles. The van der Waals surface area contributed by atoms with Gasteiger partial charge in [-0.25, -0.2) is 0 Å². The van der Waals surface area contributed by atoms with Gasteiger partial charge in [0.25, 0.3) is 0 Å². The van der Waals surface area contributed by atoms with Crippen LogP contribution in [-0.4, -0.2) is 27.0 Å². The number of aryl methyl sites for hydroxylation is 2. The number of ketones is 1. The van der Waals surface area contributed by atoms with E-state index in [1.807, 2.05) is 38.1 Å².